The van der Waals surface area contributed by atoms with Crippen molar-refractivity contribution >= 4 is 21.4 Å². The minimum absolute atomic E-state index is 0.359. The molecule has 0 unspecified atom stereocenters. The number of nitrogens with zero attached hydrogens (tertiary/aromatic N) is 2. The van der Waals surface area contributed by atoms with Crippen molar-refractivity contribution < 1.29 is 13.2 Å². The van der Waals surface area contributed by atoms with Crippen LogP contribution in [0.15, 0.2) is 40.6 Å². The fourth-order valence-electron chi connectivity index (χ4n) is 3.13. The van der Waals surface area contributed by atoms with Crippen LogP contribution in [-0.2, 0) is 23.0 Å². The number of likely N-dealkylation sites (N-methyl/N-ethyl adjacent to an activating group) is 1. The van der Waals surface area contributed by atoms with Crippen LogP contribution < -0.4 is 4.74 Å². The summed E-state index contributed by atoms with van der Waals surface area (Å²) in [5, 5.41) is 1.98. The Bertz CT molecular complexity index is 815. The van der Waals surface area contributed by atoms with Crippen molar-refractivity contribution in [1.29, 1.82) is 0 Å². The average molecular weight is 395 g/mol. The molecular formula is C19H26N2O3S2. The van der Waals surface area contributed by atoms with E-state index >= 15 is 0 Å². The molecule has 0 N–H and O–H groups in total. The van der Waals surface area contributed by atoms with E-state index in [0.717, 1.165) is 42.2 Å². The summed E-state index contributed by atoms with van der Waals surface area (Å²) in [5.74, 6) is 0.803. The summed E-state index contributed by atoms with van der Waals surface area (Å²) < 4.78 is 33.8. The average Bonchev–Trinajstić information content (AvgIpc) is 3.32. The second kappa shape index (κ2) is 8.52. The minimum atomic E-state index is -3.55. The maximum Gasteiger partial charge on any atom is 0.243 e. The number of fused-ring (bicyclic) bond motifs is 1. The zero-order chi connectivity index (χ0) is 18.6. The van der Waals surface area contributed by atoms with Crippen LogP contribution in [0.2, 0.25) is 0 Å². The number of sulfonamides is 1. The molecule has 0 amide bonds. The molecule has 0 fully saturated rings. The molecule has 0 spiro atoms. The van der Waals surface area contributed by atoms with Crippen molar-refractivity contribution in [2.75, 3.05) is 32.8 Å². The standard InChI is InChI=1S/C19H26N2O3S2/c1-3-20(4-2)10-11-21(15-17-6-5-13-25-17)26(22,23)18-7-8-19-16(14-18)9-12-24-19/h5-8,13-14H,3-4,9-12,15H2,1-2H3. The predicted octanol–water partition coefficient (Wildman–Crippen LogP) is 3.22. The number of hydrogen-bond donors (Lipinski definition) is 0. The van der Waals surface area contributed by atoms with Gasteiger partial charge in [-0.15, -0.1) is 11.3 Å². The van der Waals surface area contributed by atoms with Gasteiger partial charge in [0.15, 0.2) is 0 Å². The van der Waals surface area contributed by atoms with Crippen LogP contribution >= 0.6 is 11.3 Å². The molecule has 7 heteroatoms. The lowest BCUT2D eigenvalue weighted by atomic mass is 10.2. The van der Waals surface area contributed by atoms with E-state index in [1.54, 1.807) is 33.8 Å². The largest absolute Gasteiger partial charge is 0.493 e. The Hall–Kier alpha value is -1.41. The fourth-order valence-corrected chi connectivity index (χ4v) is 5.39. The Kier molecular flexibility index (Phi) is 6.34. The first kappa shape index (κ1) is 19.4. The molecule has 0 aliphatic carbocycles. The molecule has 1 aromatic carbocycles. The molecule has 0 saturated carbocycles. The Morgan fingerprint density at radius 2 is 1.96 bits per heavy atom. The number of ether oxygens (including phenoxy) is 1. The van der Waals surface area contributed by atoms with Crippen molar-refractivity contribution in [1.82, 2.24) is 9.21 Å². The quantitative estimate of drug-likeness (QED) is 0.655. The second-order valence-electron chi connectivity index (χ2n) is 6.31. The number of hydrogen-bond acceptors (Lipinski definition) is 5. The van der Waals surface area contributed by atoms with E-state index in [1.807, 2.05) is 17.5 Å². The first-order valence-electron chi connectivity index (χ1n) is 9.05. The topological polar surface area (TPSA) is 49.9 Å². The summed E-state index contributed by atoms with van der Waals surface area (Å²) >= 11 is 1.59. The highest BCUT2D eigenvalue weighted by Crippen LogP contribution is 2.29. The van der Waals surface area contributed by atoms with Gasteiger partial charge in [-0.05, 0) is 48.3 Å². The van der Waals surface area contributed by atoms with Gasteiger partial charge in [0, 0.05) is 30.9 Å². The second-order valence-corrected chi connectivity index (χ2v) is 9.28. The van der Waals surface area contributed by atoms with Gasteiger partial charge in [-0.1, -0.05) is 19.9 Å². The highest BCUT2D eigenvalue weighted by atomic mass is 32.2. The third kappa shape index (κ3) is 4.28. The highest BCUT2D eigenvalue weighted by molar-refractivity contribution is 7.89. The van der Waals surface area contributed by atoms with Gasteiger partial charge in [0.05, 0.1) is 11.5 Å². The Labute approximate surface area is 160 Å². The van der Waals surface area contributed by atoms with Gasteiger partial charge < -0.3 is 9.64 Å². The first-order valence-corrected chi connectivity index (χ1v) is 11.4. The summed E-state index contributed by atoms with van der Waals surface area (Å²) in [6.45, 7) is 8.28. The third-order valence-corrected chi connectivity index (χ3v) is 7.47. The van der Waals surface area contributed by atoms with Gasteiger partial charge in [0.1, 0.15) is 5.75 Å². The maximum atomic E-state index is 13.3. The minimum Gasteiger partial charge on any atom is -0.493 e. The molecular weight excluding hydrogens is 368 g/mol. The SMILES string of the molecule is CCN(CC)CCN(Cc1cccs1)S(=O)(=O)c1ccc2c(c1)CCO2. The summed E-state index contributed by atoms with van der Waals surface area (Å²) in [4.78, 5) is 3.66. The van der Waals surface area contributed by atoms with Crippen molar-refractivity contribution in [3.8, 4) is 5.75 Å². The summed E-state index contributed by atoms with van der Waals surface area (Å²) in [7, 11) is -3.55. The van der Waals surface area contributed by atoms with Gasteiger partial charge in [-0.2, -0.15) is 4.31 Å². The third-order valence-electron chi connectivity index (χ3n) is 4.77. The van der Waals surface area contributed by atoms with E-state index < -0.39 is 10.0 Å². The zero-order valence-electron chi connectivity index (χ0n) is 15.3. The lowest BCUT2D eigenvalue weighted by Crippen LogP contribution is -2.38. The first-order chi connectivity index (χ1) is 12.5. The molecule has 1 aromatic heterocycles. The van der Waals surface area contributed by atoms with Crippen molar-refractivity contribution in [3.05, 3.63) is 46.2 Å². The van der Waals surface area contributed by atoms with Gasteiger partial charge in [0.25, 0.3) is 0 Å². The summed E-state index contributed by atoms with van der Waals surface area (Å²) in [6, 6.07) is 9.17. The predicted molar refractivity (Wildman–Crippen MR) is 105 cm³/mol. The lowest BCUT2D eigenvalue weighted by Gasteiger charge is -2.26. The zero-order valence-corrected chi connectivity index (χ0v) is 17.0. The molecule has 2 aromatic rings. The summed E-state index contributed by atoms with van der Waals surface area (Å²) in [6.07, 6.45) is 0.767. The number of thiophene rings is 1. The van der Waals surface area contributed by atoms with Gasteiger partial charge in [0.2, 0.25) is 10.0 Å². The van der Waals surface area contributed by atoms with Crippen LogP contribution in [0.25, 0.3) is 0 Å². The highest BCUT2D eigenvalue weighted by Gasteiger charge is 2.27. The fraction of sp³-hybridized carbons (Fsp3) is 0.474. The smallest absolute Gasteiger partial charge is 0.243 e. The monoisotopic (exact) mass is 394 g/mol. The van der Waals surface area contributed by atoms with Crippen LogP contribution in [0.1, 0.15) is 24.3 Å². The van der Waals surface area contributed by atoms with Crippen molar-refractivity contribution in [3.63, 3.8) is 0 Å². The van der Waals surface area contributed by atoms with E-state index in [-0.39, 0.29) is 0 Å². The molecule has 3 rings (SSSR count). The van der Waals surface area contributed by atoms with Crippen LogP contribution in [-0.4, -0.2) is 50.4 Å². The molecule has 0 atom stereocenters. The molecule has 2 heterocycles. The van der Waals surface area contributed by atoms with E-state index in [2.05, 4.69) is 18.7 Å². The van der Waals surface area contributed by atoms with Crippen molar-refractivity contribution in [2.45, 2.75) is 31.7 Å². The molecule has 0 saturated heterocycles. The van der Waals surface area contributed by atoms with E-state index in [4.69, 9.17) is 4.74 Å². The Morgan fingerprint density at radius 1 is 1.15 bits per heavy atom. The molecule has 5 nitrogen and oxygen atoms in total. The van der Waals surface area contributed by atoms with Crippen LogP contribution in [0, 0.1) is 0 Å². The number of rotatable bonds is 9. The normalized spacial score (nSPS) is 14.0. The molecule has 0 bridgehead atoms. The molecule has 26 heavy (non-hydrogen) atoms. The van der Waals surface area contributed by atoms with Crippen molar-refractivity contribution in [2.24, 2.45) is 0 Å². The van der Waals surface area contributed by atoms with Crippen LogP contribution in [0.4, 0.5) is 0 Å². The lowest BCUT2D eigenvalue weighted by molar-refractivity contribution is 0.269. The van der Waals surface area contributed by atoms with Crippen LogP contribution in [0.3, 0.4) is 0 Å². The maximum absolute atomic E-state index is 13.3. The van der Waals surface area contributed by atoms with Crippen LogP contribution in [0.5, 0.6) is 5.75 Å². The van der Waals surface area contributed by atoms with Gasteiger partial charge >= 0.3 is 0 Å². The Morgan fingerprint density at radius 3 is 2.65 bits per heavy atom. The van der Waals surface area contributed by atoms with Gasteiger partial charge in [-0.25, -0.2) is 8.42 Å². The molecule has 1 aliphatic heterocycles. The van der Waals surface area contributed by atoms with E-state index in [0.29, 0.717) is 24.6 Å². The van der Waals surface area contributed by atoms with E-state index in [9.17, 15) is 8.42 Å². The summed E-state index contributed by atoms with van der Waals surface area (Å²) in [5.41, 5.74) is 0.978. The van der Waals surface area contributed by atoms with Gasteiger partial charge in [-0.3, -0.25) is 0 Å². The number of benzene rings is 1. The molecule has 142 valence electrons. The molecule has 1 aliphatic rings. The van der Waals surface area contributed by atoms with E-state index in [1.165, 1.54) is 0 Å². The molecule has 0 radical (unpaired) electrons. The Balaban J connectivity index is 1.85.